The van der Waals surface area contributed by atoms with Crippen LogP contribution in [-0.2, 0) is 16.2 Å². The van der Waals surface area contributed by atoms with E-state index in [1.165, 1.54) is 185 Å². The summed E-state index contributed by atoms with van der Waals surface area (Å²) < 4.78 is 0. The Kier molecular flexibility index (Phi) is 8.95. The molecule has 2 fully saturated rings. The third-order valence-corrected chi connectivity index (χ3v) is 19.0. The lowest BCUT2D eigenvalue weighted by Crippen LogP contribution is -2.33. The summed E-state index contributed by atoms with van der Waals surface area (Å²) >= 11 is 0. The molecule has 0 unspecified atom stereocenters. The van der Waals surface area contributed by atoms with Gasteiger partial charge in [0.1, 0.15) is 0 Å². The number of anilines is 4. The van der Waals surface area contributed by atoms with E-state index in [0.717, 1.165) is 0 Å². The molecule has 0 saturated heterocycles. The number of hydrogen-bond acceptors (Lipinski definition) is 2. The van der Waals surface area contributed by atoms with Gasteiger partial charge in [0, 0.05) is 40.6 Å². The minimum atomic E-state index is -0.459. The lowest BCUT2D eigenvalue weighted by atomic mass is 9.69. The number of para-hydroxylation sites is 2. The zero-order valence-electron chi connectivity index (χ0n) is 41.9. The monoisotopic (exact) mass is 948 g/mol. The van der Waals surface area contributed by atoms with E-state index in [9.17, 15) is 0 Å². The first-order valence-corrected chi connectivity index (χ1v) is 27.2. The number of nitrogens with one attached hydrogen (secondary N) is 1. The molecular weight excluding hydrogens is 893 g/mol. The Bertz CT molecular complexity index is 3910. The lowest BCUT2D eigenvalue weighted by molar-refractivity contribution is 0.529. The van der Waals surface area contributed by atoms with Gasteiger partial charge in [0.25, 0.3) is 0 Å². The van der Waals surface area contributed by atoms with Crippen molar-refractivity contribution < 1.29 is 0 Å². The van der Waals surface area contributed by atoms with E-state index in [2.05, 4.69) is 236 Å². The molecule has 0 atom stereocenters. The van der Waals surface area contributed by atoms with Crippen molar-refractivity contribution in [1.82, 2.24) is 0 Å². The molecule has 0 radical (unpaired) electrons. The predicted molar refractivity (Wildman–Crippen MR) is 307 cm³/mol. The molecular formula is C72H56N2. The quantitative estimate of drug-likeness (QED) is 0.189. The van der Waals surface area contributed by atoms with E-state index in [0.29, 0.717) is 0 Å². The van der Waals surface area contributed by atoms with E-state index in [4.69, 9.17) is 0 Å². The van der Waals surface area contributed by atoms with Crippen molar-refractivity contribution in [1.29, 1.82) is 0 Å². The van der Waals surface area contributed by atoms with Crippen LogP contribution in [0.15, 0.2) is 218 Å². The molecule has 2 heterocycles. The maximum atomic E-state index is 3.85. The summed E-state index contributed by atoms with van der Waals surface area (Å²) in [5.74, 6) is 0. The standard InChI is InChI=1S/C72H56N2/c1-74-68-21-9-7-19-62(68)71(40-12-13-41-71)63-37-33-53(45-69(63)74)49-28-24-47(25-29-49)51-31-35-57-56-34-30-50(42-64(56)72(65(57)43-51)58-16-4-2-14-54(58)55-15-3-5-17-59(55)72)46-22-26-48(27-23-46)52-32-36-61-67(44-52)73-66-20-8-6-18-60(66)70(61)38-10-11-39-70/h2-9,14-37,42-45,73H,10-13,38-41H2,1H3. The van der Waals surface area contributed by atoms with Gasteiger partial charge in [-0.2, -0.15) is 0 Å². The van der Waals surface area contributed by atoms with Crippen molar-refractivity contribution in [3.63, 3.8) is 0 Å². The van der Waals surface area contributed by atoms with Gasteiger partial charge in [-0.15, -0.1) is 0 Å². The first-order valence-electron chi connectivity index (χ1n) is 27.2. The van der Waals surface area contributed by atoms with Crippen LogP contribution >= 0.6 is 0 Å². The van der Waals surface area contributed by atoms with Gasteiger partial charge >= 0.3 is 0 Å². The second kappa shape index (κ2) is 15.7. The zero-order valence-corrected chi connectivity index (χ0v) is 41.9. The Morgan fingerprint density at radius 1 is 0.297 bits per heavy atom. The van der Waals surface area contributed by atoms with E-state index < -0.39 is 5.41 Å². The molecule has 2 aliphatic heterocycles. The first-order chi connectivity index (χ1) is 36.5. The molecule has 0 amide bonds. The highest BCUT2D eigenvalue weighted by Gasteiger charge is 2.52. The minimum absolute atomic E-state index is 0.117. The average molecular weight is 949 g/mol. The molecule has 354 valence electrons. The number of benzene rings is 10. The number of rotatable bonds is 4. The van der Waals surface area contributed by atoms with Crippen molar-refractivity contribution in [2.75, 3.05) is 17.3 Å². The molecule has 1 N–H and O–H groups in total. The van der Waals surface area contributed by atoms with E-state index >= 15 is 0 Å². The van der Waals surface area contributed by atoms with Gasteiger partial charge in [-0.1, -0.05) is 208 Å². The summed E-state index contributed by atoms with van der Waals surface area (Å²) in [6.07, 6.45) is 10.0. The summed E-state index contributed by atoms with van der Waals surface area (Å²) in [5.41, 5.74) is 31.6. The van der Waals surface area contributed by atoms with Crippen LogP contribution in [0.5, 0.6) is 0 Å². The Hall–Kier alpha value is -8.20. The Morgan fingerprint density at radius 2 is 0.676 bits per heavy atom. The van der Waals surface area contributed by atoms with Crippen molar-refractivity contribution in [2.45, 2.75) is 67.6 Å². The van der Waals surface area contributed by atoms with Crippen molar-refractivity contribution in [2.24, 2.45) is 0 Å². The third kappa shape index (κ3) is 5.72. The van der Waals surface area contributed by atoms with E-state index in [-0.39, 0.29) is 10.8 Å². The molecule has 0 aromatic heterocycles. The highest BCUT2D eigenvalue weighted by Crippen LogP contribution is 2.64. The number of fused-ring (bicyclic) bond motifs is 18. The molecule has 2 nitrogen and oxygen atoms in total. The Morgan fingerprint density at radius 3 is 1.24 bits per heavy atom. The average Bonchev–Trinajstić information content (AvgIpc) is 4.29. The van der Waals surface area contributed by atoms with Crippen LogP contribution in [0.3, 0.4) is 0 Å². The van der Waals surface area contributed by atoms with Crippen LogP contribution in [0.1, 0.15) is 95.9 Å². The molecule has 6 aliphatic rings. The fraction of sp³-hybridized carbons (Fsp3) is 0.167. The highest BCUT2D eigenvalue weighted by molar-refractivity contribution is 5.97. The smallest absolute Gasteiger partial charge is 0.0725 e. The van der Waals surface area contributed by atoms with Crippen molar-refractivity contribution in [3.8, 4) is 66.8 Å². The van der Waals surface area contributed by atoms with E-state index in [1.807, 2.05) is 0 Å². The maximum Gasteiger partial charge on any atom is 0.0725 e. The summed E-state index contributed by atoms with van der Waals surface area (Å²) in [6.45, 7) is 0. The largest absolute Gasteiger partial charge is 0.355 e. The van der Waals surface area contributed by atoms with Crippen molar-refractivity contribution >= 4 is 22.7 Å². The molecule has 74 heavy (non-hydrogen) atoms. The van der Waals surface area contributed by atoms with Gasteiger partial charge < -0.3 is 10.2 Å². The van der Waals surface area contributed by atoms with Crippen LogP contribution in [-0.4, -0.2) is 7.05 Å². The molecule has 16 rings (SSSR count). The Balaban J connectivity index is 0.761. The number of hydrogen-bond donors (Lipinski definition) is 1. The summed E-state index contributed by atoms with van der Waals surface area (Å²) in [4.78, 5) is 2.43. The van der Waals surface area contributed by atoms with Crippen molar-refractivity contribution in [3.05, 3.63) is 263 Å². The summed E-state index contributed by atoms with van der Waals surface area (Å²) in [7, 11) is 2.25. The second-order valence-corrected chi connectivity index (χ2v) is 22.3. The second-order valence-electron chi connectivity index (χ2n) is 22.3. The van der Waals surface area contributed by atoms with Gasteiger partial charge in [0.2, 0.25) is 0 Å². The minimum Gasteiger partial charge on any atom is -0.355 e. The van der Waals surface area contributed by atoms with Crippen LogP contribution < -0.4 is 10.2 Å². The SMILES string of the molecule is CN1c2ccccc2C2(CCCC2)c2ccc(-c3ccc(-c4ccc5c(c4)C4(c6ccccc6-c6ccccc64)c4cc(-c6ccc(-c7ccc8c(c7)Nc7ccccc7C87CCCC7)cc6)ccc4-5)cc3)cc21. The Labute approximate surface area is 435 Å². The fourth-order valence-corrected chi connectivity index (χ4v) is 15.6. The normalized spacial score (nSPS) is 17.0. The topological polar surface area (TPSA) is 15.3 Å². The fourth-order valence-electron chi connectivity index (χ4n) is 15.6. The van der Waals surface area contributed by atoms with E-state index in [1.54, 1.807) is 0 Å². The zero-order chi connectivity index (χ0) is 48.8. The van der Waals surface area contributed by atoms with Gasteiger partial charge in [0.15, 0.2) is 0 Å². The molecule has 2 heteroatoms. The summed E-state index contributed by atoms with van der Waals surface area (Å²) in [5, 5.41) is 3.85. The molecule has 10 aromatic carbocycles. The molecule has 0 bridgehead atoms. The maximum absolute atomic E-state index is 3.85. The van der Waals surface area contributed by atoms with Gasteiger partial charge in [-0.3, -0.25) is 0 Å². The lowest BCUT2D eigenvalue weighted by Gasteiger charge is -2.42. The third-order valence-electron chi connectivity index (χ3n) is 19.0. The van der Waals surface area contributed by atoms with Crippen LogP contribution in [0.4, 0.5) is 22.7 Å². The van der Waals surface area contributed by atoms with Crippen LogP contribution in [0.25, 0.3) is 66.8 Å². The molecule has 10 aromatic rings. The van der Waals surface area contributed by atoms with Gasteiger partial charge in [0.05, 0.1) is 5.41 Å². The molecule has 4 aliphatic carbocycles. The van der Waals surface area contributed by atoms with Crippen LogP contribution in [0.2, 0.25) is 0 Å². The highest BCUT2D eigenvalue weighted by atomic mass is 15.1. The first kappa shape index (κ1) is 42.3. The summed E-state index contributed by atoms with van der Waals surface area (Å²) in [6, 6.07) is 84.1. The van der Waals surface area contributed by atoms with Gasteiger partial charge in [-0.05, 0) is 173 Å². The number of nitrogens with zero attached hydrogens (tertiary/aromatic N) is 1. The molecule has 3 spiro atoms. The van der Waals surface area contributed by atoms with Gasteiger partial charge in [-0.25, -0.2) is 0 Å². The van der Waals surface area contributed by atoms with Crippen LogP contribution in [0, 0.1) is 0 Å². The predicted octanol–water partition coefficient (Wildman–Crippen LogP) is 18.6. The molecule has 2 saturated carbocycles.